The number of para-hydroxylation sites is 1. The Morgan fingerprint density at radius 1 is 1.38 bits per heavy atom. The Labute approximate surface area is 75.4 Å². The molecule has 1 amide bonds. The molecule has 0 aromatic heterocycles. The summed E-state index contributed by atoms with van der Waals surface area (Å²) in [7, 11) is 0. The molecule has 1 aliphatic heterocycles. The third-order valence-corrected chi connectivity index (χ3v) is 2.01. The minimum atomic E-state index is -0.332. The molecule has 0 saturated carbocycles. The highest BCUT2D eigenvalue weighted by Crippen LogP contribution is 2.22. The Morgan fingerprint density at radius 3 is 2.77 bits per heavy atom. The van der Waals surface area contributed by atoms with Crippen LogP contribution in [0.3, 0.4) is 0 Å². The lowest BCUT2D eigenvalue weighted by molar-refractivity contribution is -0.120. The second-order valence-corrected chi connectivity index (χ2v) is 2.86. The topological polar surface area (TPSA) is 67.5 Å². The number of nitrogens with one attached hydrogen (secondary N) is 1. The molecule has 3 N–H and O–H groups in total. The van der Waals surface area contributed by atoms with E-state index in [-0.39, 0.29) is 11.8 Å². The lowest BCUT2D eigenvalue weighted by Gasteiger charge is -2.07. The first-order valence-corrected chi connectivity index (χ1v) is 3.96. The van der Waals surface area contributed by atoms with E-state index >= 15 is 0 Å². The average molecular weight is 175 g/mol. The van der Waals surface area contributed by atoms with Crippen LogP contribution in [0, 0.1) is 0 Å². The summed E-state index contributed by atoms with van der Waals surface area (Å²) in [5.41, 5.74) is 9.52. The standard InChI is InChI=1S/C9H9N3O/c10-8-4-2-1-3-6(8)7-5-11-12-9(7)13/h1-5,7H,10H2,(H,12,13). The highest BCUT2D eigenvalue weighted by atomic mass is 16.2. The highest BCUT2D eigenvalue weighted by Gasteiger charge is 2.23. The Morgan fingerprint density at radius 2 is 2.15 bits per heavy atom. The van der Waals surface area contributed by atoms with Gasteiger partial charge in [-0.15, -0.1) is 0 Å². The van der Waals surface area contributed by atoms with Crippen molar-refractivity contribution in [2.24, 2.45) is 5.10 Å². The van der Waals surface area contributed by atoms with Gasteiger partial charge in [0.05, 0.1) is 0 Å². The van der Waals surface area contributed by atoms with Crippen molar-refractivity contribution in [3.05, 3.63) is 29.8 Å². The van der Waals surface area contributed by atoms with Crippen molar-refractivity contribution in [1.29, 1.82) is 0 Å². The van der Waals surface area contributed by atoms with Crippen molar-refractivity contribution in [1.82, 2.24) is 5.43 Å². The summed E-state index contributed by atoms with van der Waals surface area (Å²) in [5.74, 6) is -0.459. The molecule has 1 aromatic carbocycles. The fourth-order valence-corrected chi connectivity index (χ4v) is 1.33. The fourth-order valence-electron chi connectivity index (χ4n) is 1.33. The van der Waals surface area contributed by atoms with Gasteiger partial charge in [-0.25, -0.2) is 5.43 Å². The van der Waals surface area contributed by atoms with E-state index in [1.165, 1.54) is 0 Å². The van der Waals surface area contributed by atoms with Crippen LogP contribution < -0.4 is 11.2 Å². The highest BCUT2D eigenvalue weighted by molar-refractivity contribution is 6.03. The maximum atomic E-state index is 11.2. The zero-order valence-corrected chi connectivity index (χ0v) is 6.90. The molecule has 1 heterocycles. The summed E-state index contributed by atoms with van der Waals surface area (Å²) >= 11 is 0. The lowest BCUT2D eigenvalue weighted by atomic mass is 9.99. The Kier molecular flexibility index (Phi) is 1.73. The Bertz CT molecular complexity index is 373. The predicted molar refractivity (Wildman–Crippen MR) is 50.2 cm³/mol. The van der Waals surface area contributed by atoms with E-state index in [2.05, 4.69) is 10.5 Å². The normalized spacial score (nSPS) is 20.3. The van der Waals surface area contributed by atoms with Crippen molar-refractivity contribution >= 4 is 17.8 Å². The monoisotopic (exact) mass is 175 g/mol. The molecule has 66 valence electrons. The molecule has 0 radical (unpaired) electrons. The number of rotatable bonds is 1. The third-order valence-electron chi connectivity index (χ3n) is 2.01. The number of nitrogens with zero attached hydrogens (tertiary/aromatic N) is 1. The molecule has 1 aliphatic rings. The fraction of sp³-hybridized carbons (Fsp3) is 0.111. The van der Waals surface area contributed by atoms with E-state index in [0.29, 0.717) is 5.69 Å². The SMILES string of the molecule is Nc1ccccc1C1C=NNC1=O. The molecule has 4 heteroatoms. The number of anilines is 1. The minimum Gasteiger partial charge on any atom is -0.398 e. The quantitative estimate of drug-likeness (QED) is 0.609. The maximum absolute atomic E-state index is 11.2. The van der Waals surface area contributed by atoms with Crippen LogP contribution in [-0.2, 0) is 4.79 Å². The van der Waals surface area contributed by atoms with Crippen LogP contribution in [-0.4, -0.2) is 12.1 Å². The van der Waals surface area contributed by atoms with Gasteiger partial charge >= 0.3 is 0 Å². The molecule has 0 bridgehead atoms. The molecule has 0 saturated heterocycles. The van der Waals surface area contributed by atoms with Crippen LogP contribution in [0.15, 0.2) is 29.4 Å². The van der Waals surface area contributed by atoms with Crippen molar-refractivity contribution in [2.75, 3.05) is 5.73 Å². The van der Waals surface area contributed by atoms with Gasteiger partial charge in [-0.1, -0.05) is 18.2 Å². The molecule has 4 nitrogen and oxygen atoms in total. The number of hydrazone groups is 1. The summed E-state index contributed by atoms with van der Waals surface area (Å²) in [5, 5.41) is 3.68. The summed E-state index contributed by atoms with van der Waals surface area (Å²) in [4.78, 5) is 11.2. The first kappa shape index (κ1) is 7.79. The van der Waals surface area contributed by atoms with Gasteiger partial charge in [0, 0.05) is 11.9 Å². The number of nitrogen functional groups attached to an aromatic ring is 1. The first-order chi connectivity index (χ1) is 6.29. The Balaban J connectivity index is 2.40. The van der Waals surface area contributed by atoms with Crippen LogP contribution in [0.4, 0.5) is 5.69 Å². The molecule has 0 fully saturated rings. The second kappa shape index (κ2) is 2.90. The summed E-state index contributed by atoms with van der Waals surface area (Å²) < 4.78 is 0. The molecule has 1 aromatic rings. The number of hydrogen-bond acceptors (Lipinski definition) is 3. The van der Waals surface area contributed by atoms with Gasteiger partial charge in [0.1, 0.15) is 5.92 Å². The number of amides is 1. The number of hydrogen-bond donors (Lipinski definition) is 2. The van der Waals surface area contributed by atoms with E-state index in [9.17, 15) is 4.79 Å². The van der Waals surface area contributed by atoms with Crippen molar-refractivity contribution in [3.63, 3.8) is 0 Å². The summed E-state index contributed by atoms with van der Waals surface area (Å²) in [6, 6.07) is 7.29. The maximum Gasteiger partial charge on any atom is 0.253 e. The number of nitrogens with two attached hydrogens (primary N) is 1. The second-order valence-electron chi connectivity index (χ2n) is 2.86. The van der Waals surface area contributed by atoms with E-state index in [4.69, 9.17) is 5.73 Å². The summed E-state index contributed by atoms with van der Waals surface area (Å²) in [6.07, 6.45) is 1.56. The summed E-state index contributed by atoms with van der Waals surface area (Å²) in [6.45, 7) is 0. The van der Waals surface area contributed by atoms with E-state index in [1.807, 2.05) is 18.2 Å². The van der Waals surface area contributed by atoms with Gasteiger partial charge in [-0.05, 0) is 11.6 Å². The molecule has 0 spiro atoms. The van der Waals surface area contributed by atoms with Gasteiger partial charge < -0.3 is 5.73 Å². The van der Waals surface area contributed by atoms with E-state index in [0.717, 1.165) is 5.56 Å². The van der Waals surface area contributed by atoms with Crippen molar-refractivity contribution in [3.8, 4) is 0 Å². The van der Waals surface area contributed by atoms with E-state index in [1.54, 1.807) is 12.3 Å². The molecule has 1 atom stereocenters. The molecular weight excluding hydrogens is 166 g/mol. The molecule has 1 unspecified atom stereocenters. The molecule has 13 heavy (non-hydrogen) atoms. The van der Waals surface area contributed by atoms with Crippen LogP contribution in [0.25, 0.3) is 0 Å². The largest absolute Gasteiger partial charge is 0.398 e. The minimum absolute atomic E-state index is 0.127. The van der Waals surface area contributed by atoms with Crippen molar-refractivity contribution in [2.45, 2.75) is 5.92 Å². The molecule has 2 rings (SSSR count). The van der Waals surface area contributed by atoms with Crippen molar-refractivity contribution < 1.29 is 4.79 Å². The van der Waals surface area contributed by atoms with E-state index < -0.39 is 0 Å². The van der Waals surface area contributed by atoms with Crippen LogP contribution in [0.5, 0.6) is 0 Å². The zero-order chi connectivity index (χ0) is 9.26. The number of carbonyl (C=O) groups excluding carboxylic acids is 1. The van der Waals surface area contributed by atoms with Gasteiger partial charge in [0.15, 0.2) is 0 Å². The third kappa shape index (κ3) is 1.26. The van der Waals surface area contributed by atoms with Gasteiger partial charge in [-0.2, -0.15) is 5.10 Å². The predicted octanol–water partition coefficient (Wildman–Crippen LogP) is 0.468. The van der Waals surface area contributed by atoms with Gasteiger partial charge in [0.25, 0.3) is 5.91 Å². The van der Waals surface area contributed by atoms with Crippen LogP contribution >= 0.6 is 0 Å². The average Bonchev–Trinajstić information content (AvgIpc) is 2.52. The Hall–Kier alpha value is -1.84. The van der Waals surface area contributed by atoms with Crippen LogP contribution in [0.1, 0.15) is 11.5 Å². The lowest BCUT2D eigenvalue weighted by Crippen LogP contribution is -2.19. The number of benzene rings is 1. The smallest absolute Gasteiger partial charge is 0.253 e. The molecule has 0 aliphatic carbocycles. The first-order valence-electron chi connectivity index (χ1n) is 3.96. The molecular formula is C9H9N3O. The number of carbonyl (C=O) groups is 1. The zero-order valence-electron chi connectivity index (χ0n) is 6.90. The van der Waals surface area contributed by atoms with Crippen LogP contribution in [0.2, 0.25) is 0 Å². The van der Waals surface area contributed by atoms with Gasteiger partial charge in [-0.3, -0.25) is 4.79 Å². The van der Waals surface area contributed by atoms with Gasteiger partial charge in [0.2, 0.25) is 0 Å².